The molecule has 2 aliphatic rings. The van der Waals surface area contributed by atoms with E-state index in [9.17, 15) is 23.2 Å². The van der Waals surface area contributed by atoms with Crippen molar-refractivity contribution in [2.45, 2.75) is 45.2 Å². The van der Waals surface area contributed by atoms with Crippen LogP contribution >= 0.6 is 11.6 Å². The number of nitrogens with zero attached hydrogens (tertiary/aromatic N) is 2. The molecule has 0 amide bonds. The number of carbonyl (C=O) groups is 1. The molecule has 1 heterocycles. The Morgan fingerprint density at radius 1 is 1.15 bits per heavy atom. The van der Waals surface area contributed by atoms with Gasteiger partial charge in [0.1, 0.15) is 5.82 Å². The molecule has 1 unspecified atom stereocenters. The van der Waals surface area contributed by atoms with Gasteiger partial charge in [0.25, 0.3) is 0 Å². The number of nitrogens with two attached hydrogens (primary N) is 1. The van der Waals surface area contributed by atoms with Gasteiger partial charge in [0.15, 0.2) is 5.78 Å². The van der Waals surface area contributed by atoms with E-state index in [4.69, 9.17) is 17.3 Å². The second kappa shape index (κ2) is 8.27. The monoisotopic (exact) mass is 471 g/mol. The SMILES string of the molecule is Cc1ccc(C2C(C#N)=C(N)N(c3ccc(Cl)cc3C(F)(F)F)C3=C2C(=O)CCC3)c(C)c1. The third-order valence-corrected chi connectivity index (χ3v) is 6.39. The summed E-state index contributed by atoms with van der Waals surface area (Å²) in [5.74, 6) is -1.02. The normalized spacial score (nSPS) is 19.0. The van der Waals surface area contributed by atoms with E-state index >= 15 is 0 Å². The summed E-state index contributed by atoms with van der Waals surface area (Å²) < 4.78 is 41.8. The summed E-state index contributed by atoms with van der Waals surface area (Å²) in [5.41, 5.74) is 8.61. The van der Waals surface area contributed by atoms with Gasteiger partial charge in [-0.3, -0.25) is 9.69 Å². The number of Topliss-reactive ketones (excluding diaryl/α,β-unsaturated/α-hetero) is 1. The van der Waals surface area contributed by atoms with Gasteiger partial charge in [-0.15, -0.1) is 0 Å². The molecule has 0 spiro atoms. The number of allylic oxidation sites excluding steroid dienone is 3. The van der Waals surface area contributed by atoms with Gasteiger partial charge < -0.3 is 5.73 Å². The van der Waals surface area contributed by atoms with E-state index < -0.39 is 17.7 Å². The summed E-state index contributed by atoms with van der Waals surface area (Å²) in [6.45, 7) is 3.82. The molecule has 8 heteroatoms. The summed E-state index contributed by atoms with van der Waals surface area (Å²) in [7, 11) is 0. The summed E-state index contributed by atoms with van der Waals surface area (Å²) in [4.78, 5) is 14.4. The van der Waals surface area contributed by atoms with Gasteiger partial charge in [0.2, 0.25) is 0 Å². The third kappa shape index (κ3) is 3.89. The number of alkyl halides is 3. The van der Waals surface area contributed by atoms with E-state index in [-0.39, 0.29) is 34.3 Å². The quantitative estimate of drug-likeness (QED) is 0.559. The Morgan fingerprint density at radius 2 is 1.88 bits per heavy atom. The molecule has 4 rings (SSSR count). The topological polar surface area (TPSA) is 70.1 Å². The van der Waals surface area contributed by atoms with Crippen LogP contribution in [0.2, 0.25) is 5.02 Å². The highest BCUT2D eigenvalue weighted by molar-refractivity contribution is 6.30. The smallest absolute Gasteiger partial charge is 0.384 e. The number of rotatable bonds is 2. The number of hydrogen-bond acceptors (Lipinski definition) is 4. The molecule has 2 aromatic carbocycles. The van der Waals surface area contributed by atoms with Gasteiger partial charge in [-0.25, -0.2) is 0 Å². The first kappa shape index (κ1) is 22.9. The van der Waals surface area contributed by atoms with E-state index in [2.05, 4.69) is 6.07 Å². The van der Waals surface area contributed by atoms with E-state index in [0.717, 1.165) is 22.8 Å². The van der Waals surface area contributed by atoms with Crippen molar-refractivity contribution in [2.24, 2.45) is 5.73 Å². The number of nitriles is 1. The van der Waals surface area contributed by atoms with Crippen molar-refractivity contribution in [3.63, 3.8) is 0 Å². The molecule has 170 valence electrons. The van der Waals surface area contributed by atoms with Gasteiger partial charge in [-0.1, -0.05) is 35.4 Å². The largest absolute Gasteiger partial charge is 0.418 e. The molecule has 0 bridgehead atoms. The lowest BCUT2D eigenvalue weighted by Gasteiger charge is -2.40. The van der Waals surface area contributed by atoms with Crippen LogP contribution in [0.15, 0.2) is 59.1 Å². The van der Waals surface area contributed by atoms with Gasteiger partial charge in [0.05, 0.1) is 28.8 Å². The second-order valence-electron chi connectivity index (χ2n) is 8.34. The molecule has 1 aliphatic carbocycles. The Morgan fingerprint density at radius 3 is 2.52 bits per heavy atom. The Labute approximate surface area is 194 Å². The molecule has 0 radical (unpaired) electrons. The van der Waals surface area contributed by atoms with Crippen LogP contribution in [-0.4, -0.2) is 5.78 Å². The Bertz CT molecular complexity index is 1270. The zero-order valence-electron chi connectivity index (χ0n) is 18.1. The minimum atomic E-state index is -4.71. The molecule has 0 aromatic heterocycles. The van der Waals surface area contributed by atoms with Gasteiger partial charge in [0, 0.05) is 22.7 Å². The standard InChI is InChI=1S/C25H21ClF3N3O/c1-13-6-8-16(14(2)10-13)22-17(12-30)24(31)32(20-4-3-5-21(33)23(20)22)19-9-7-15(26)11-18(19)25(27,28)29/h6-11,22H,3-5,31H2,1-2H3. The molecule has 1 atom stereocenters. The maximum Gasteiger partial charge on any atom is 0.418 e. The molecule has 0 saturated heterocycles. The summed E-state index contributed by atoms with van der Waals surface area (Å²) in [5, 5.41) is 9.99. The van der Waals surface area contributed by atoms with Gasteiger partial charge in [-0.2, -0.15) is 18.4 Å². The number of benzene rings is 2. The average Bonchev–Trinajstić information content (AvgIpc) is 2.73. The zero-order chi connectivity index (χ0) is 24.1. The fourth-order valence-electron chi connectivity index (χ4n) is 4.75. The summed E-state index contributed by atoms with van der Waals surface area (Å²) in [6.07, 6.45) is -3.60. The Kier molecular flexibility index (Phi) is 5.75. The minimum Gasteiger partial charge on any atom is -0.384 e. The molecule has 2 N–H and O–H groups in total. The fraction of sp³-hybridized carbons (Fsp3) is 0.280. The first-order valence-electron chi connectivity index (χ1n) is 10.4. The highest BCUT2D eigenvalue weighted by Crippen LogP contribution is 2.49. The number of ketones is 1. The molecule has 0 saturated carbocycles. The van der Waals surface area contributed by atoms with Crippen LogP contribution in [0.5, 0.6) is 0 Å². The van der Waals surface area contributed by atoms with Crippen LogP contribution in [0.4, 0.5) is 18.9 Å². The van der Waals surface area contributed by atoms with Crippen LogP contribution in [0.1, 0.15) is 47.4 Å². The van der Waals surface area contributed by atoms with Crippen molar-refractivity contribution in [1.82, 2.24) is 0 Å². The van der Waals surface area contributed by atoms with Crippen molar-refractivity contribution in [2.75, 3.05) is 4.90 Å². The van der Waals surface area contributed by atoms with Crippen LogP contribution in [0.25, 0.3) is 0 Å². The highest BCUT2D eigenvalue weighted by atomic mass is 35.5. The first-order valence-corrected chi connectivity index (χ1v) is 10.8. The molecule has 1 aliphatic heterocycles. The second-order valence-corrected chi connectivity index (χ2v) is 8.77. The summed E-state index contributed by atoms with van der Waals surface area (Å²) >= 11 is 5.87. The number of halogens is 4. The van der Waals surface area contributed by atoms with E-state index in [1.165, 1.54) is 17.0 Å². The Balaban J connectivity index is 2.03. The van der Waals surface area contributed by atoms with Crippen LogP contribution in [0.3, 0.4) is 0 Å². The predicted octanol–water partition coefficient (Wildman–Crippen LogP) is 6.28. The molecule has 0 fully saturated rings. The van der Waals surface area contributed by atoms with Crippen molar-refractivity contribution in [1.29, 1.82) is 5.26 Å². The maximum absolute atomic E-state index is 13.9. The predicted molar refractivity (Wildman–Crippen MR) is 120 cm³/mol. The zero-order valence-corrected chi connectivity index (χ0v) is 18.8. The van der Waals surface area contributed by atoms with Crippen molar-refractivity contribution < 1.29 is 18.0 Å². The van der Waals surface area contributed by atoms with Gasteiger partial charge >= 0.3 is 6.18 Å². The molecule has 33 heavy (non-hydrogen) atoms. The van der Waals surface area contributed by atoms with E-state index in [1.807, 2.05) is 32.0 Å². The Hall–Kier alpha value is -3.24. The fourth-order valence-corrected chi connectivity index (χ4v) is 4.92. The van der Waals surface area contributed by atoms with Crippen molar-refractivity contribution >= 4 is 23.1 Å². The van der Waals surface area contributed by atoms with E-state index in [0.29, 0.717) is 24.1 Å². The number of carbonyl (C=O) groups excluding carboxylic acids is 1. The van der Waals surface area contributed by atoms with Crippen LogP contribution in [0, 0.1) is 25.2 Å². The minimum absolute atomic E-state index is 0.0547. The molecular formula is C25H21ClF3N3O. The third-order valence-electron chi connectivity index (χ3n) is 6.15. The lowest BCUT2D eigenvalue weighted by Crippen LogP contribution is -2.39. The number of anilines is 1. The van der Waals surface area contributed by atoms with Crippen molar-refractivity contribution in [3.05, 3.63) is 86.3 Å². The lowest BCUT2D eigenvalue weighted by atomic mass is 9.74. The van der Waals surface area contributed by atoms with E-state index in [1.54, 1.807) is 0 Å². The molecular weight excluding hydrogens is 451 g/mol. The van der Waals surface area contributed by atoms with Crippen LogP contribution in [-0.2, 0) is 11.0 Å². The average molecular weight is 472 g/mol. The molecule has 2 aromatic rings. The first-order chi connectivity index (χ1) is 15.5. The van der Waals surface area contributed by atoms with Gasteiger partial charge in [-0.05, 0) is 56.0 Å². The molecule has 4 nitrogen and oxygen atoms in total. The lowest BCUT2D eigenvalue weighted by molar-refractivity contribution is -0.137. The highest BCUT2D eigenvalue weighted by Gasteiger charge is 2.43. The summed E-state index contributed by atoms with van der Waals surface area (Å²) in [6, 6.07) is 11.2. The number of hydrogen-bond donors (Lipinski definition) is 1. The number of aryl methyl sites for hydroxylation is 2. The van der Waals surface area contributed by atoms with Crippen molar-refractivity contribution in [3.8, 4) is 6.07 Å². The maximum atomic E-state index is 13.9. The van der Waals surface area contributed by atoms with Crippen LogP contribution < -0.4 is 10.6 Å².